The lowest BCUT2D eigenvalue weighted by Crippen LogP contribution is -2.29. The Balaban J connectivity index is 2.05. The number of hydrogen-bond donors (Lipinski definition) is 1. The van der Waals surface area contributed by atoms with Gasteiger partial charge >= 0.3 is 5.97 Å². The molecule has 2 rings (SSSR count). The zero-order valence-corrected chi connectivity index (χ0v) is 16.5. The number of carboxylic acids is 1. The number of carbonyl (C=O) groups is 1. The fourth-order valence-corrected chi connectivity index (χ4v) is 2.79. The van der Waals surface area contributed by atoms with Crippen LogP contribution in [-0.2, 0) is 33.9 Å². The minimum absolute atomic E-state index is 0.161. The van der Waals surface area contributed by atoms with Crippen LogP contribution < -0.4 is 4.74 Å². The molecule has 1 unspecified atom stereocenters. The molecule has 1 N–H and O–H groups in total. The molecular weight excluding hydrogens is 368 g/mol. The van der Waals surface area contributed by atoms with Crippen LogP contribution in [0.4, 0.5) is 0 Å². The zero-order chi connectivity index (χ0) is 19.8. The van der Waals surface area contributed by atoms with Gasteiger partial charge in [-0.1, -0.05) is 29.8 Å². The smallest absolute Gasteiger partial charge is 0.333 e. The second-order valence-electron chi connectivity index (χ2n) is 6.48. The quantitative estimate of drug-likeness (QED) is 0.645. The Kier molecular flexibility index (Phi) is 8.10. The first kappa shape index (κ1) is 21.2. The molecule has 0 aliphatic rings. The van der Waals surface area contributed by atoms with Crippen molar-refractivity contribution >= 4 is 17.6 Å². The molecule has 0 saturated heterocycles. The number of aliphatic carboxylic acids is 1. The van der Waals surface area contributed by atoms with Crippen molar-refractivity contribution in [2.75, 3.05) is 7.11 Å². The van der Waals surface area contributed by atoms with Crippen LogP contribution in [0.1, 0.15) is 30.5 Å². The third-order valence-corrected chi connectivity index (χ3v) is 4.17. The van der Waals surface area contributed by atoms with Crippen molar-refractivity contribution in [3.8, 4) is 5.75 Å². The average molecular weight is 393 g/mol. The second kappa shape index (κ2) is 10.3. The highest BCUT2D eigenvalue weighted by atomic mass is 35.5. The molecule has 146 valence electrons. The van der Waals surface area contributed by atoms with Crippen molar-refractivity contribution in [3.05, 3.63) is 64.2 Å². The number of methoxy groups -OCH3 is 1. The van der Waals surface area contributed by atoms with Crippen LogP contribution in [-0.4, -0.2) is 30.4 Å². The van der Waals surface area contributed by atoms with Gasteiger partial charge in [0.25, 0.3) is 0 Å². The molecule has 27 heavy (non-hydrogen) atoms. The Bertz CT molecular complexity index is 743. The van der Waals surface area contributed by atoms with Crippen LogP contribution in [0.15, 0.2) is 42.5 Å². The van der Waals surface area contributed by atoms with Gasteiger partial charge in [-0.15, -0.1) is 0 Å². The number of halogens is 1. The summed E-state index contributed by atoms with van der Waals surface area (Å²) < 4.78 is 16.7. The van der Waals surface area contributed by atoms with E-state index in [2.05, 4.69) is 0 Å². The molecule has 0 amide bonds. The van der Waals surface area contributed by atoms with E-state index >= 15 is 0 Å². The molecule has 0 saturated carbocycles. The van der Waals surface area contributed by atoms with Crippen LogP contribution in [0.5, 0.6) is 5.75 Å². The van der Waals surface area contributed by atoms with E-state index in [0.717, 1.165) is 16.7 Å². The molecule has 0 spiro atoms. The van der Waals surface area contributed by atoms with Gasteiger partial charge in [0.05, 0.1) is 26.4 Å². The molecule has 2 aromatic carbocycles. The molecule has 0 aromatic heterocycles. The summed E-state index contributed by atoms with van der Waals surface area (Å²) in [5.41, 5.74) is 2.73. The highest BCUT2D eigenvalue weighted by molar-refractivity contribution is 6.30. The lowest BCUT2D eigenvalue weighted by Gasteiger charge is -2.17. The molecule has 6 heteroatoms. The predicted molar refractivity (Wildman–Crippen MR) is 104 cm³/mol. The zero-order valence-electron chi connectivity index (χ0n) is 15.8. The van der Waals surface area contributed by atoms with Gasteiger partial charge < -0.3 is 19.3 Å². The van der Waals surface area contributed by atoms with Gasteiger partial charge in [-0.3, -0.25) is 0 Å². The molecular formula is C21H25ClO5. The van der Waals surface area contributed by atoms with Crippen molar-refractivity contribution in [3.63, 3.8) is 0 Å². The first-order valence-corrected chi connectivity index (χ1v) is 9.13. The van der Waals surface area contributed by atoms with Gasteiger partial charge in [0, 0.05) is 17.0 Å². The average Bonchev–Trinajstić information content (AvgIpc) is 2.62. The van der Waals surface area contributed by atoms with Crippen LogP contribution in [0, 0.1) is 0 Å². The predicted octanol–water partition coefficient (Wildman–Crippen LogP) is 4.49. The van der Waals surface area contributed by atoms with E-state index in [1.54, 1.807) is 7.11 Å². The molecule has 0 bridgehead atoms. The van der Waals surface area contributed by atoms with Crippen molar-refractivity contribution in [2.45, 2.75) is 45.7 Å². The van der Waals surface area contributed by atoms with Gasteiger partial charge in [0.15, 0.2) is 6.10 Å². The second-order valence-corrected chi connectivity index (χ2v) is 6.92. The summed E-state index contributed by atoms with van der Waals surface area (Å²) in [7, 11) is 1.60. The SMILES string of the molecule is COc1ccc(CC(OC(C)C)C(=O)O)cc1COCc1ccc(Cl)cc1. The molecule has 0 aliphatic carbocycles. The summed E-state index contributed by atoms with van der Waals surface area (Å²) in [6.45, 7) is 4.43. The van der Waals surface area contributed by atoms with E-state index in [9.17, 15) is 9.90 Å². The fraction of sp³-hybridized carbons (Fsp3) is 0.381. The minimum atomic E-state index is -0.972. The molecule has 0 fully saturated rings. The monoisotopic (exact) mass is 392 g/mol. The largest absolute Gasteiger partial charge is 0.496 e. The van der Waals surface area contributed by atoms with Crippen molar-refractivity contribution in [1.29, 1.82) is 0 Å². The fourth-order valence-electron chi connectivity index (χ4n) is 2.67. The maximum absolute atomic E-state index is 11.4. The number of ether oxygens (including phenoxy) is 3. The number of benzene rings is 2. The Morgan fingerprint density at radius 2 is 1.74 bits per heavy atom. The van der Waals surface area contributed by atoms with Crippen LogP contribution in [0.25, 0.3) is 0 Å². The van der Waals surface area contributed by atoms with Gasteiger partial charge in [-0.2, -0.15) is 0 Å². The first-order valence-electron chi connectivity index (χ1n) is 8.75. The van der Waals surface area contributed by atoms with E-state index in [1.165, 1.54) is 0 Å². The molecule has 0 heterocycles. The van der Waals surface area contributed by atoms with E-state index in [-0.39, 0.29) is 12.5 Å². The van der Waals surface area contributed by atoms with Gasteiger partial charge in [-0.25, -0.2) is 4.79 Å². The van der Waals surface area contributed by atoms with E-state index in [4.69, 9.17) is 25.8 Å². The highest BCUT2D eigenvalue weighted by Crippen LogP contribution is 2.23. The maximum atomic E-state index is 11.4. The Morgan fingerprint density at radius 3 is 2.33 bits per heavy atom. The number of hydrogen-bond acceptors (Lipinski definition) is 4. The van der Waals surface area contributed by atoms with Crippen LogP contribution in [0.3, 0.4) is 0 Å². The normalized spacial score (nSPS) is 12.2. The summed E-state index contributed by atoms with van der Waals surface area (Å²) in [5, 5.41) is 10.0. The highest BCUT2D eigenvalue weighted by Gasteiger charge is 2.20. The van der Waals surface area contributed by atoms with E-state index in [1.807, 2.05) is 56.3 Å². The Hall–Kier alpha value is -2.08. The number of rotatable bonds is 10. The lowest BCUT2D eigenvalue weighted by molar-refractivity contribution is -0.153. The van der Waals surface area contributed by atoms with E-state index < -0.39 is 12.1 Å². The molecule has 0 radical (unpaired) electrons. The summed E-state index contributed by atoms with van der Waals surface area (Å²) in [4.78, 5) is 11.4. The van der Waals surface area contributed by atoms with Crippen molar-refractivity contribution in [1.82, 2.24) is 0 Å². The summed E-state index contributed by atoms with van der Waals surface area (Å²) in [6.07, 6.45) is -0.769. The number of carboxylic acid groups (broad SMARTS) is 1. The molecule has 0 aliphatic heterocycles. The van der Waals surface area contributed by atoms with Gasteiger partial charge in [0.1, 0.15) is 5.75 Å². The van der Waals surface area contributed by atoms with Crippen molar-refractivity contribution in [2.24, 2.45) is 0 Å². The maximum Gasteiger partial charge on any atom is 0.333 e. The summed E-state index contributed by atoms with van der Waals surface area (Å²) in [6, 6.07) is 13.0. The molecule has 5 nitrogen and oxygen atoms in total. The Labute approximate surface area is 164 Å². The summed E-state index contributed by atoms with van der Waals surface area (Å²) in [5.74, 6) is -0.272. The van der Waals surface area contributed by atoms with Gasteiger partial charge in [-0.05, 0) is 49.2 Å². The van der Waals surface area contributed by atoms with Crippen LogP contribution in [0.2, 0.25) is 5.02 Å². The molecule has 1 atom stereocenters. The van der Waals surface area contributed by atoms with Crippen LogP contribution >= 0.6 is 11.6 Å². The first-order chi connectivity index (χ1) is 12.9. The summed E-state index contributed by atoms with van der Waals surface area (Å²) >= 11 is 5.88. The van der Waals surface area contributed by atoms with Crippen molar-refractivity contribution < 1.29 is 24.1 Å². The topological polar surface area (TPSA) is 65.0 Å². The Morgan fingerprint density at radius 1 is 1.07 bits per heavy atom. The van der Waals surface area contributed by atoms with E-state index in [0.29, 0.717) is 24.0 Å². The molecule has 2 aromatic rings. The third-order valence-electron chi connectivity index (χ3n) is 3.92. The standard InChI is InChI=1S/C21H25ClO5/c1-14(2)27-20(21(23)24)11-16-6-9-19(25-3)17(10-16)13-26-12-15-4-7-18(22)8-5-15/h4-10,14,20H,11-13H2,1-3H3,(H,23,24). The minimum Gasteiger partial charge on any atom is -0.496 e. The van der Waals surface area contributed by atoms with Gasteiger partial charge in [0.2, 0.25) is 0 Å². The third kappa shape index (κ3) is 6.86. The lowest BCUT2D eigenvalue weighted by atomic mass is 10.0.